The summed E-state index contributed by atoms with van der Waals surface area (Å²) >= 11 is 0. The maximum atomic E-state index is 3.81. The number of hydrogen-bond acceptors (Lipinski definition) is 1. The molecule has 1 saturated carbocycles. The molecule has 1 aromatic heterocycles. The molecule has 1 aliphatic heterocycles. The lowest BCUT2D eigenvalue weighted by Crippen LogP contribution is -2.37. The first-order valence-corrected chi connectivity index (χ1v) is 9.75. The fourth-order valence-electron chi connectivity index (χ4n) is 4.90. The Morgan fingerprint density at radius 2 is 1.60 bits per heavy atom. The molecule has 1 fully saturated rings. The van der Waals surface area contributed by atoms with Crippen molar-refractivity contribution in [3.8, 4) is 0 Å². The van der Waals surface area contributed by atoms with E-state index in [4.69, 9.17) is 0 Å². The second kappa shape index (κ2) is 6.03. The van der Waals surface area contributed by atoms with Crippen molar-refractivity contribution in [2.24, 2.45) is 0 Å². The number of aromatic amines is 1. The van der Waals surface area contributed by atoms with E-state index in [-0.39, 0.29) is 6.04 Å². The van der Waals surface area contributed by atoms with Gasteiger partial charge in [0.25, 0.3) is 0 Å². The van der Waals surface area contributed by atoms with Gasteiger partial charge in [0.1, 0.15) is 0 Å². The van der Waals surface area contributed by atoms with Crippen LogP contribution in [0.5, 0.6) is 0 Å². The van der Waals surface area contributed by atoms with Crippen LogP contribution in [0.15, 0.2) is 48.5 Å². The van der Waals surface area contributed by atoms with Crippen LogP contribution in [0.3, 0.4) is 0 Å². The maximum Gasteiger partial charge on any atom is 0.0734 e. The lowest BCUT2D eigenvalue weighted by Gasteiger charge is -2.30. The Morgan fingerprint density at radius 1 is 0.880 bits per heavy atom. The van der Waals surface area contributed by atoms with Gasteiger partial charge in [0.2, 0.25) is 0 Å². The van der Waals surface area contributed by atoms with Crippen LogP contribution in [0.25, 0.3) is 10.9 Å². The molecule has 0 bridgehead atoms. The maximum absolute atomic E-state index is 3.81. The molecule has 25 heavy (non-hydrogen) atoms. The predicted octanol–water partition coefficient (Wildman–Crippen LogP) is 5.45. The molecule has 2 heteroatoms. The molecule has 0 unspecified atom stereocenters. The van der Waals surface area contributed by atoms with Gasteiger partial charge in [-0.15, -0.1) is 0 Å². The van der Waals surface area contributed by atoms with E-state index >= 15 is 0 Å². The van der Waals surface area contributed by atoms with Crippen LogP contribution in [0.2, 0.25) is 0 Å². The van der Waals surface area contributed by atoms with E-state index < -0.39 is 0 Å². The molecule has 2 nitrogen and oxygen atoms in total. The van der Waals surface area contributed by atoms with Gasteiger partial charge in [0.15, 0.2) is 0 Å². The molecule has 0 spiro atoms. The molecule has 2 aromatic carbocycles. The third-order valence-corrected chi connectivity index (χ3v) is 6.19. The summed E-state index contributed by atoms with van der Waals surface area (Å²) in [5.41, 5.74) is 7.01. The lowest BCUT2D eigenvalue weighted by molar-refractivity contribution is 0.460. The van der Waals surface area contributed by atoms with E-state index in [0.717, 1.165) is 12.3 Å². The lowest BCUT2D eigenvalue weighted by atomic mass is 9.89. The monoisotopic (exact) mass is 330 g/mol. The van der Waals surface area contributed by atoms with Crippen molar-refractivity contribution in [1.82, 2.24) is 10.3 Å². The quantitative estimate of drug-likeness (QED) is 0.642. The topological polar surface area (TPSA) is 27.8 Å². The fourth-order valence-corrected chi connectivity index (χ4v) is 4.90. The van der Waals surface area contributed by atoms with Crippen LogP contribution in [-0.2, 0) is 6.42 Å². The van der Waals surface area contributed by atoms with Crippen LogP contribution in [0.1, 0.15) is 67.0 Å². The number of fused-ring (bicyclic) bond motifs is 3. The fraction of sp³-hybridized carbons (Fsp3) is 0.391. The first-order chi connectivity index (χ1) is 12.3. The van der Waals surface area contributed by atoms with Gasteiger partial charge in [-0.3, -0.25) is 0 Å². The van der Waals surface area contributed by atoms with E-state index in [1.807, 2.05) is 0 Å². The summed E-state index contributed by atoms with van der Waals surface area (Å²) in [7, 11) is 0. The number of aromatic nitrogens is 1. The summed E-state index contributed by atoms with van der Waals surface area (Å²) in [6, 6.07) is 18.9. The molecule has 3 aromatic rings. The van der Waals surface area contributed by atoms with Crippen molar-refractivity contribution in [2.75, 3.05) is 0 Å². The minimum atomic E-state index is 0.267. The zero-order chi connectivity index (χ0) is 16.8. The molecule has 0 amide bonds. The summed E-state index contributed by atoms with van der Waals surface area (Å²) in [4.78, 5) is 3.69. The second-order valence-corrected chi connectivity index (χ2v) is 7.92. The van der Waals surface area contributed by atoms with E-state index in [9.17, 15) is 0 Å². The molecule has 2 heterocycles. The smallest absolute Gasteiger partial charge is 0.0734 e. The van der Waals surface area contributed by atoms with Crippen molar-refractivity contribution in [1.29, 1.82) is 0 Å². The molecule has 2 atom stereocenters. The Bertz CT molecular complexity index is 884. The van der Waals surface area contributed by atoms with Crippen molar-refractivity contribution < 1.29 is 0 Å². The summed E-state index contributed by atoms with van der Waals surface area (Å²) in [5.74, 6) is 0.788. The number of hydrogen-bond donors (Lipinski definition) is 2. The Morgan fingerprint density at radius 3 is 2.40 bits per heavy atom. The van der Waals surface area contributed by atoms with Gasteiger partial charge in [0.05, 0.1) is 6.04 Å². The van der Waals surface area contributed by atoms with Crippen molar-refractivity contribution in [2.45, 2.75) is 57.0 Å². The predicted molar refractivity (Wildman–Crippen MR) is 104 cm³/mol. The Kier molecular flexibility index (Phi) is 3.67. The first-order valence-electron chi connectivity index (χ1n) is 9.75. The van der Waals surface area contributed by atoms with Gasteiger partial charge in [-0.25, -0.2) is 0 Å². The van der Waals surface area contributed by atoms with Crippen molar-refractivity contribution in [3.05, 3.63) is 70.9 Å². The van der Waals surface area contributed by atoms with E-state index in [1.165, 1.54) is 59.0 Å². The summed E-state index contributed by atoms with van der Waals surface area (Å²) in [6.07, 6.45) is 6.61. The van der Waals surface area contributed by atoms with E-state index in [1.54, 1.807) is 0 Å². The second-order valence-electron chi connectivity index (χ2n) is 7.92. The highest BCUT2D eigenvalue weighted by atomic mass is 15.0. The Hall–Kier alpha value is -2.06. The zero-order valence-corrected chi connectivity index (χ0v) is 14.9. The minimum Gasteiger partial charge on any atom is -0.357 e. The van der Waals surface area contributed by atoms with Crippen LogP contribution in [0, 0.1) is 0 Å². The summed E-state index contributed by atoms with van der Waals surface area (Å²) in [6.45, 7) is 2.30. The highest BCUT2D eigenvalue weighted by Crippen LogP contribution is 2.37. The number of benzene rings is 2. The normalized spacial score (nSPS) is 23.9. The molecular formula is C23H26N2. The van der Waals surface area contributed by atoms with Crippen LogP contribution < -0.4 is 5.32 Å². The Labute approximate surface area is 149 Å². The third-order valence-electron chi connectivity index (χ3n) is 6.19. The van der Waals surface area contributed by atoms with Gasteiger partial charge in [-0.2, -0.15) is 0 Å². The largest absolute Gasteiger partial charge is 0.357 e. The van der Waals surface area contributed by atoms with Gasteiger partial charge in [-0.05, 0) is 54.9 Å². The van der Waals surface area contributed by atoms with Gasteiger partial charge >= 0.3 is 0 Å². The molecule has 2 aliphatic rings. The van der Waals surface area contributed by atoms with Gasteiger partial charge in [-0.1, -0.05) is 55.3 Å². The molecule has 2 N–H and O–H groups in total. The average Bonchev–Trinajstić information content (AvgIpc) is 3.29. The van der Waals surface area contributed by atoms with E-state index in [2.05, 4.69) is 65.8 Å². The standard InChI is InChI=1S/C23H26N2/c1-15-14-20-19-8-4-5-9-21(19)25-23(20)22(24-15)18-12-10-17(11-13-18)16-6-2-3-7-16/h4-5,8-13,15-16,22,24-25H,2-3,6-7,14H2,1H3/t15-,22-/m0/s1. The number of nitrogens with one attached hydrogen (secondary N) is 2. The van der Waals surface area contributed by atoms with Crippen molar-refractivity contribution in [3.63, 3.8) is 0 Å². The highest BCUT2D eigenvalue weighted by Gasteiger charge is 2.28. The molecule has 1 aliphatic carbocycles. The number of H-pyrrole nitrogens is 1. The first kappa shape index (κ1) is 15.2. The number of para-hydroxylation sites is 1. The zero-order valence-electron chi connectivity index (χ0n) is 14.9. The minimum absolute atomic E-state index is 0.267. The van der Waals surface area contributed by atoms with Gasteiger partial charge in [0, 0.05) is 22.6 Å². The molecule has 0 saturated heterocycles. The van der Waals surface area contributed by atoms with Crippen LogP contribution in [0.4, 0.5) is 0 Å². The SMILES string of the molecule is C[C@H]1Cc2c([nH]c3ccccc23)[C@H](c2ccc(C3CCCC3)cc2)N1. The number of rotatable bonds is 2. The average molecular weight is 330 g/mol. The van der Waals surface area contributed by atoms with Crippen LogP contribution in [-0.4, -0.2) is 11.0 Å². The summed E-state index contributed by atoms with van der Waals surface area (Å²) in [5, 5.41) is 5.19. The summed E-state index contributed by atoms with van der Waals surface area (Å²) < 4.78 is 0. The highest BCUT2D eigenvalue weighted by molar-refractivity contribution is 5.85. The van der Waals surface area contributed by atoms with Gasteiger partial charge < -0.3 is 10.3 Å². The molecule has 128 valence electrons. The van der Waals surface area contributed by atoms with E-state index in [0.29, 0.717) is 6.04 Å². The molecule has 5 rings (SSSR count). The van der Waals surface area contributed by atoms with Crippen LogP contribution >= 0.6 is 0 Å². The molecular weight excluding hydrogens is 304 g/mol. The molecule has 0 radical (unpaired) electrons. The Balaban J connectivity index is 1.54. The third kappa shape index (κ3) is 2.60. The van der Waals surface area contributed by atoms with Crippen molar-refractivity contribution >= 4 is 10.9 Å².